The van der Waals surface area contributed by atoms with Crippen molar-refractivity contribution in [2.75, 3.05) is 44.6 Å². The van der Waals surface area contributed by atoms with Crippen molar-refractivity contribution in [2.24, 2.45) is 5.92 Å². The number of carboxylic acid groups (broad SMARTS) is 1. The predicted octanol–water partition coefficient (Wildman–Crippen LogP) is 4.20. The predicted molar refractivity (Wildman–Crippen MR) is 166 cm³/mol. The fraction of sp³-hybridized carbons (Fsp3) is 0.467. The van der Waals surface area contributed by atoms with Crippen LogP contribution in [0.4, 0.5) is 9.93 Å². The maximum absolute atomic E-state index is 13.7. The molecule has 1 aliphatic heterocycles. The highest BCUT2D eigenvalue weighted by Crippen LogP contribution is 2.27. The summed E-state index contributed by atoms with van der Waals surface area (Å²) < 4.78 is 28.7. The van der Waals surface area contributed by atoms with Gasteiger partial charge in [-0.2, -0.15) is 4.31 Å². The number of aliphatic hydroxyl groups excluding tert-OH is 1. The minimum Gasteiger partial charge on any atom is -0.465 e. The Labute approximate surface area is 252 Å². The van der Waals surface area contributed by atoms with E-state index in [-0.39, 0.29) is 30.3 Å². The van der Waals surface area contributed by atoms with Crippen LogP contribution in [0.1, 0.15) is 32.3 Å². The van der Waals surface area contributed by atoms with Gasteiger partial charge < -0.3 is 25.7 Å². The molecule has 0 bridgehead atoms. The van der Waals surface area contributed by atoms with Gasteiger partial charge in [-0.3, -0.25) is 0 Å². The van der Waals surface area contributed by atoms with Crippen molar-refractivity contribution in [1.29, 1.82) is 0 Å². The Morgan fingerprint density at radius 2 is 1.76 bits per heavy atom. The van der Waals surface area contributed by atoms with Gasteiger partial charge in [0.2, 0.25) is 10.0 Å². The van der Waals surface area contributed by atoms with Gasteiger partial charge in [0.25, 0.3) is 0 Å². The number of anilines is 1. The van der Waals surface area contributed by atoms with E-state index in [0.29, 0.717) is 0 Å². The number of likely N-dealkylation sites (tertiary alicyclic amines) is 1. The van der Waals surface area contributed by atoms with Crippen LogP contribution in [0.5, 0.6) is 0 Å². The molecule has 10 nitrogen and oxygen atoms in total. The van der Waals surface area contributed by atoms with Crippen molar-refractivity contribution in [3.05, 3.63) is 65.5 Å². The van der Waals surface area contributed by atoms with Crippen molar-refractivity contribution >= 4 is 32.6 Å². The average molecular weight is 616 g/mol. The summed E-state index contributed by atoms with van der Waals surface area (Å²) in [5, 5.41) is 29.0. The summed E-state index contributed by atoms with van der Waals surface area (Å²) in [4.78, 5) is 18.7. The quantitative estimate of drug-likeness (QED) is 0.200. The lowest BCUT2D eigenvalue weighted by Gasteiger charge is -2.30. The number of hydrogen-bond acceptors (Lipinski definition) is 8. The molecule has 0 spiro atoms. The van der Waals surface area contributed by atoms with E-state index >= 15 is 0 Å². The van der Waals surface area contributed by atoms with E-state index in [9.17, 15) is 23.4 Å². The number of sulfonamides is 1. The normalized spacial score (nSPS) is 15.6. The first-order chi connectivity index (χ1) is 20.1. The molecule has 4 N–H and O–H groups in total. The van der Waals surface area contributed by atoms with Crippen molar-refractivity contribution in [3.8, 4) is 11.3 Å². The fourth-order valence-corrected chi connectivity index (χ4v) is 7.46. The first-order valence-electron chi connectivity index (χ1n) is 14.4. The SMILES string of the molecule is CC(C)CN(C[C@@H](O)[C@H](Cc1ccccc1)NC(=O)O)S(=O)(=O)c1ccc(-c2csc(NCCN3CCCC3)n2)cc1. The molecule has 1 aromatic heterocycles. The molecule has 2 aromatic carbocycles. The highest BCUT2D eigenvalue weighted by molar-refractivity contribution is 7.89. The number of hydrogen-bond donors (Lipinski definition) is 4. The van der Waals surface area contributed by atoms with Crippen LogP contribution in [0, 0.1) is 5.92 Å². The van der Waals surface area contributed by atoms with E-state index < -0.39 is 28.3 Å². The van der Waals surface area contributed by atoms with Crippen molar-refractivity contribution < 1.29 is 23.4 Å². The Balaban J connectivity index is 1.44. The molecule has 0 saturated carbocycles. The number of carbonyl (C=O) groups is 1. The van der Waals surface area contributed by atoms with Crippen LogP contribution in [0.25, 0.3) is 11.3 Å². The molecular formula is C30H41N5O5S2. The first-order valence-corrected chi connectivity index (χ1v) is 16.7. The zero-order valence-corrected chi connectivity index (χ0v) is 25.8. The van der Waals surface area contributed by atoms with Gasteiger partial charge in [0.05, 0.1) is 22.7 Å². The zero-order valence-electron chi connectivity index (χ0n) is 24.1. The van der Waals surface area contributed by atoms with Crippen LogP contribution in [0.15, 0.2) is 64.9 Å². The number of thiazole rings is 1. The topological polar surface area (TPSA) is 135 Å². The monoisotopic (exact) mass is 615 g/mol. The molecule has 1 amide bonds. The van der Waals surface area contributed by atoms with Gasteiger partial charge in [0.1, 0.15) is 0 Å². The van der Waals surface area contributed by atoms with Crippen LogP contribution in [0.2, 0.25) is 0 Å². The second-order valence-electron chi connectivity index (χ2n) is 11.1. The molecule has 0 aliphatic carbocycles. The van der Waals surface area contributed by atoms with Gasteiger partial charge in [-0.05, 0) is 56.0 Å². The Morgan fingerprint density at radius 3 is 2.40 bits per heavy atom. The number of amides is 1. The van der Waals surface area contributed by atoms with E-state index in [1.165, 1.54) is 28.5 Å². The van der Waals surface area contributed by atoms with Gasteiger partial charge in [-0.25, -0.2) is 18.2 Å². The van der Waals surface area contributed by atoms with Crippen LogP contribution >= 0.6 is 11.3 Å². The van der Waals surface area contributed by atoms with Crippen LogP contribution in [-0.4, -0.2) is 90.3 Å². The largest absolute Gasteiger partial charge is 0.465 e. The van der Waals surface area contributed by atoms with E-state index in [2.05, 4.69) is 20.5 Å². The Morgan fingerprint density at radius 1 is 1.07 bits per heavy atom. The molecule has 1 saturated heterocycles. The summed E-state index contributed by atoms with van der Waals surface area (Å²) in [7, 11) is -3.98. The molecule has 4 rings (SSSR count). The molecule has 1 fully saturated rings. The maximum atomic E-state index is 13.7. The molecule has 2 heterocycles. The fourth-order valence-electron chi connectivity index (χ4n) is 5.09. The zero-order chi connectivity index (χ0) is 30.1. The Hall–Kier alpha value is -3.03. The van der Waals surface area contributed by atoms with E-state index in [4.69, 9.17) is 0 Å². The number of aromatic nitrogens is 1. The minimum atomic E-state index is -3.98. The van der Waals surface area contributed by atoms with Gasteiger partial charge in [-0.15, -0.1) is 11.3 Å². The molecule has 0 unspecified atom stereocenters. The smallest absolute Gasteiger partial charge is 0.404 e. The summed E-state index contributed by atoms with van der Waals surface area (Å²) >= 11 is 1.52. The minimum absolute atomic E-state index is 0.0161. The third kappa shape index (κ3) is 8.98. The molecule has 42 heavy (non-hydrogen) atoms. The highest BCUT2D eigenvalue weighted by Gasteiger charge is 2.31. The highest BCUT2D eigenvalue weighted by atomic mass is 32.2. The second kappa shape index (κ2) is 14.9. The number of nitrogens with one attached hydrogen (secondary N) is 2. The molecule has 0 radical (unpaired) electrons. The molecule has 1 aliphatic rings. The average Bonchev–Trinajstić information content (AvgIpc) is 3.65. The molecular weight excluding hydrogens is 574 g/mol. The summed E-state index contributed by atoms with van der Waals surface area (Å²) in [6.07, 6.45) is 0.206. The lowest BCUT2D eigenvalue weighted by Crippen LogP contribution is -2.50. The number of rotatable bonds is 15. The van der Waals surface area contributed by atoms with Crippen molar-refractivity contribution in [2.45, 2.75) is 50.2 Å². The first kappa shape index (κ1) is 31.9. The lowest BCUT2D eigenvalue weighted by molar-refractivity contribution is 0.0980. The van der Waals surface area contributed by atoms with Crippen molar-refractivity contribution in [3.63, 3.8) is 0 Å². The van der Waals surface area contributed by atoms with Gasteiger partial charge in [0.15, 0.2) is 5.13 Å². The number of nitrogens with zero attached hydrogens (tertiary/aromatic N) is 3. The summed E-state index contributed by atoms with van der Waals surface area (Å²) in [6, 6.07) is 14.9. The van der Waals surface area contributed by atoms with E-state index in [1.54, 1.807) is 24.3 Å². The maximum Gasteiger partial charge on any atom is 0.404 e. The Kier molecular flexibility index (Phi) is 11.3. The molecule has 228 valence electrons. The second-order valence-corrected chi connectivity index (χ2v) is 13.9. The lowest BCUT2D eigenvalue weighted by atomic mass is 10.0. The molecule has 12 heteroatoms. The van der Waals surface area contributed by atoms with E-state index in [1.807, 2.05) is 49.6 Å². The van der Waals surface area contributed by atoms with Crippen LogP contribution in [0.3, 0.4) is 0 Å². The number of aliphatic hydroxyl groups is 1. The van der Waals surface area contributed by atoms with Gasteiger partial charge in [0, 0.05) is 37.1 Å². The third-order valence-corrected chi connectivity index (χ3v) is 9.87. The van der Waals surface area contributed by atoms with Crippen molar-refractivity contribution in [1.82, 2.24) is 19.5 Å². The molecule has 2 atom stereocenters. The Bertz CT molecular complexity index is 1380. The van der Waals surface area contributed by atoms with E-state index in [0.717, 1.165) is 48.1 Å². The van der Waals surface area contributed by atoms with Crippen LogP contribution in [-0.2, 0) is 16.4 Å². The third-order valence-electron chi connectivity index (χ3n) is 7.23. The summed E-state index contributed by atoms with van der Waals surface area (Å²) in [5.74, 6) is -0.0161. The number of benzene rings is 2. The summed E-state index contributed by atoms with van der Waals surface area (Å²) in [5.41, 5.74) is 2.41. The van der Waals surface area contributed by atoms with Crippen LogP contribution < -0.4 is 10.6 Å². The standard InChI is InChI=1S/C30H41N5O5S2/c1-22(2)19-35(20-28(36)26(33-30(37)38)18-23-8-4-3-5-9-23)42(39,40)25-12-10-24(11-13-25)27-21-41-29(32-27)31-14-17-34-15-6-7-16-34/h3-5,8-13,21-22,26,28,33,36H,6-7,14-20H2,1-2H3,(H,31,32)(H,37,38)/t26-,28+/m0/s1. The van der Waals surface area contributed by atoms with Gasteiger partial charge in [-0.1, -0.05) is 56.3 Å². The molecule has 3 aromatic rings. The van der Waals surface area contributed by atoms with Gasteiger partial charge >= 0.3 is 6.09 Å². The summed E-state index contributed by atoms with van der Waals surface area (Å²) in [6.45, 7) is 7.84.